The first kappa shape index (κ1) is 10.8. The summed E-state index contributed by atoms with van der Waals surface area (Å²) in [5.74, 6) is 0.864. The van der Waals surface area contributed by atoms with Crippen LogP contribution < -0.4 is 5.32 Å². The van der Waals surface area contributed by atoms with Crippen LogP contribution in [0.1, 0.15) is 11.1 Å². The van der Waals surface area contributed by atoms with Crippen LogP contribution in [-0.4, -0.2) is 4.98 Å². The molecule has 0 bridgehead atoms. The van der Waals surface area contributed by atoms with Crippen LogP contribution in [0, 0.1) is 6.92 Å². The Morgan fingerprint density at radius 3 is 3.06 bits per heavy atom. The van der Waals surface area contributed by atoms with Gasteiger partial charge in [-0.2, -0.15) is 0 Å². The number of nitrogens with one attached hydrogen (secondary N) is 1. The van der Waals surface area contributed by atoms with Crippen LogP contribution in [0.15, 0.2) is 53.3 Å². The van der Waals surface area contributed by atoms with Crippen molar-refractivity contribution in [3.63, 3.8) is 0 Å². The average molecular weight is 238 g/mol. The van der Waals surface area contributed by atoms with Gasteiger partial charge in [-0.3, -0.25) is 0 Å². The van der Waals surface area contributed by atoms with Gasteiger partial charge in [0.1, 0.15) is 11.4 Å². The van der Waals surface area contributed by atoms with Gasteiger partial charge in [0.2, 0.25) is 0 Å². The van der Waals surface area contributed by atoms with Crippen LogP contribution in [-0.2, 0) is 6.54 Å². The Bertz CT molecular complexity index is 673. The number of fused-ring (bicyclic) bond motifs is 1. The fraction of sp³-hybridized carbons (Fsp3) is 0.133. The van der Waals surface area contributed by atoms with Crippen LogP contribution in [0.4, 0.5) is 5.82 Å². The molecule has 0 saturated heterocycles. The number of hydrogen-bond acceptors (Lipinski definition) is 3. The van der Waals surface area contributed by atoms with Crippen molar-refractivity contribution in [2.75, 3.05) is 5.32 Å². The van der Waals surface area contributed by atoms with Crippen molar-refractivity contribution in [1.82, 2.24) is 4.98 Å². The summed E-state index contributed by atoms with van der Waals surface area (Å²) in [5.41, 5.74) is 3.37. The van der Waals surface area contributed by atoms with Gasteiger partial charge in [-0.05, 0) is 24.6 Å². The van der Waals surface area contributed by atoms with Gasteiger partial charge < -0.3 is 9.73 Å². The van der Waals surface area contributed by atoms with Crippen molar-refractivity contribution in [3.8, 4) is 0 Å². The molecule has 0 aliphatic heterocycles. The minimum Gasteiger partial charge on any atom is -0.464 e. The van der Waals surface area contributed by atoms with Crippen LogP contribution >= 0.6 is 0 Å². The number of anilines is 1. The zero-order valence-corrected chi connectivity index (χ0v) is 10.2. The summed E-state index contributed by atoms with van der Waals surface area (Å²) in [6, 6.07) is 12.2. The molecular formula is C15H14N2O. The van der Waals surface area contributed by atoms with E-state index in [-0.39, 0.29) is 0 Å². The molecule has 18 heavy (non-hydrogen) atoms. The topological polar surface area (TPSA) is 38.1 Å². The summed E-state index contributed by atoms with van der Waals surface area (Å²) in [6.45, 7) is 2.86. The molecule has 3 aromatic rings. The molecule has 3 rings (SSSR count). The second-order valence-corrected chi connectivity index (χ2v) is 4.33. The molecule has 2 heterocycles. The first-order valence-corrected chi connectivity index (χ1v) is 5.94. The van der Waals surface area contributed by atoms with E-state index in [1.165, 1.54) is 11.1 Å². The van der Waals surface area contributed by atoms with Crippen molar-refractivity contribution in [1.29, 1.82) is 0 Å². The van der Waals surface area contributed by atoms with E-state index >= 15 is 0 Å². The Hall–Kier alpha value is -2.29. The lowest BCUT2D eigenvalue weighted by molar-refractivity contribution is 0.615. The van der Waals surface area contributed by atoms with Gasteiger partial charge in [0.25, 0.3) is 0 Å². The van der Waals surface area contributed by atoms with Gasteiger partial charge in [0.05, 0.1) is 11.6 Å². The maximum Gasteiger partial charge on any atom is 0.139 e. The Morgan fingerprint density at radius 1 is 1.22 bits per heavy atom. The number of rotatable bonds is 3. The second-order valence-electron chi connectivity index (χ2n) is 4.33. The minimum atomic E-state index is 0.763. The summed E-state index contributed by atoms with van der Waals surface area (Å²) in [7, 11) is 0. The number of aromatic nitrogens is 1. The summed E-state index contributed by atoms with van der Waals surface area (Å²) >= 11 is 0. The standard InChI is InChI=1S/C15H14N2O/c1-11-3-2-4-12(9-11)10-17-15-13-6-8-18-14(13)5-7-16-15/h2-9H,10H2,1H3,(H,16,17). The number of benzene rings is 1. The monoisotopic (exact) mass is 238 g/mol. The van der Waals surface area contributed by atoms with Gasteiger partial charge in [0, 0.05) is 12.7 Å². The van der Waals surface area contributed by atoms with Crippen molar-refractivity contribution in [2.45, 2.75) is 13.5 Å². The van der Waals surface area contributed by atoms with E-state index in [4.69, 9.17) is 4.42 Å². The van der Waals surface area contributed by atoms with Crippen LogP contribution in [0.25, 0.3) is 11.0 Å². The molecule has 0 fully saturated rings. The zero-order valence-electron chi connectivity index (χ0n) is 10.2. The van der Waals surface area contributed by atoms with E-state index in [9.17, 15) is 0 Å². The molecule has 1 aromatic carbocycles. The van der Waals surface area contributed by atoms with Crippen molar-refractivity contribution >= 4 is 16.8 Å². The maximum absolute atomic E-state index is 5.35. The molecule has 0 unspecified atom stereocenters. The third-order valence-corrected chi connectivity index (χ3v) is 2.92. The molecule has 0 radical (unpaired) electrons. The molecule has 3 nitrogen and oxygen atoms in total. The number of pyridine rings is 1. The normalized spacial score (nSPS) is 10.7. The first-order chi connectivity index (χ1) is 8.83. The lowest BCUT2D eigenvalue weighted by Crippen LogP contribution is -2.01. The molecule has 1 N–H and O–H groups in total. The van der Waals surface area contributed by atoms with Gasteiger partial charge in [-0.25, -0.2) is 4.98 Å². The summed E-state index contributed by atoms with van der Waals surface area (Å²) in [4.78, 5) is 4.35. The van der Waals surface area contributed by atoms with Gasteiger partial charge in [-0.1, -0.05) is 29.8 Å². The number of hydrogen-bond donors (Lipinski definition) is 1. The highest BCUT2D eigenvalue weighted by Gasteiger charge is 2.04. The van der Waals surface area contributed by atoms with E-state index < -0.39 is 0 Å². The lowest BCUT2D eigenvalue weighted by atomic mass is 10.1. The molecule has 0 atom stereocenters. The molecule has 0 amide bonds. The van der Waals surface area contributed by atoms with Gasteiger partial charge in [0.15, 0.2) is 0 Å². The van der Waals surface area contributed by atoms with Gasteiger partial charge in [-0.15, -0.1) is 0 Å². The van der Waals surface area contributed by atoms with E-state index in [0.29, 0.717) is 0 Å². The number of nitrogens with zero attached hydrogens (tertiary/aromatic N) is 1. The second kappa shape index (κ2) is 4.53. The molecule has 3 heteroatoms. The average Bonchev–Trinajstić information content (AvgIpc) is 2.85. The Morgan fingerprint density at radius 2 is 2.17 bits per heavy atom. The highest BCUT2D eigenvalue weighted by atomic mass is 16.3. The van der Waals surface area contributed by atoms with Crippen molar-refractivity contribution < 1.29 is 4.42 Å². The van der Waals surface area contributed by atoms with Crippen LogP contribution in [0.3, 0.4) is 0 Å². The molecule has 0 spiro atoms. The third-order valence-electron chi connectivity index (χ3n) is 2.92. The summed E-state index contributed by atoms with van der Waals surface area (Å²) in [5, 5.41) is 4.36. The predicted octanol–water partition coefficient (Wildman–Crippen LogP) is 3.75. The molecule has 0 aliphatic rings. The van der Waals surface area contributed by atoms with Crippen LogP contribution in [0.5, 0.6) is 0 Å². The summed E-state index contributed by atoms with van der Waals surface area (Å²) in [6.07, 6.45) is 3.44. The summed E-state index contributed by atoms with van der Waals surface area (Å²) < 4.78 is 5.35. The highest BCUT2D eigenvalue weighted by Crippen LogP contribution is 2.22. The number of aryl methyl sites for hydroxylation is 1. The maximum atomic E-state index is 5.35. The molecular weight excluding hydrogens is 224 g/mol. The Labute approximate surface area is 105 Å². The predicted molar refractivity (Wildman–Crippen MR) is 72.5 cm³/mol. The number of furan rings is 1. The largest absolute Gasteiger partial charge is 0.464 e. The SMILES string of the molecule is Cc1cccc(CNc2nccc3occc23)c1. The van der Waals surface area contributed by atoms with Crippen LogP contribution in [0.2, 0.25) is 0 Å². The van der Waals surface area contributed by atoms with Gasteiger partial charge >= 0.3 is 0 Å². The van der Waals surface area contributed by atoms with E-state index in [1.54, 1.807) is 12.5 Å². The Balaban J connectivity index is 1.83. The van der Waals surface area contributed by atoms with Crippen molar-refractivity contribution in [2.24, 2.45) is 0 Å². The fourth-order valence-electron chi connectivity index (χ4n) is 2.04. The third kappa shape index (κ3) is 2.07. The van der Waals surface area contributed by atoms with E-state index in [2.05, 4.69) is 41.5 Å². The quantitative estimate of drug-likeness (QED) is 0.755. The lowest BCUT2D eigenvalue weighted by Gasteiger charge is -2.07. The Kier molecular flexibility index (Phi) is 2.73. The van der Waals surface area contributed by atoms with Crippen molar-refractivity contribution in [3.05, 3.63) is 60.0 Å². The van der Waals surface area contributed by atoms with E-state index in [0.717, 1.165) is 23.3 Å². The molecule has 0 aliphatic carbocycles. The molecule has 0 saturated carbocycles. The smallest absolute Gasteiger partial charge is 0.139 e. The minimum absolute atomic E-state index is 0.763. The highest BCUT2D eigenvalue weighted by molar-refractivity contribution is 5.87. The first-order valence-electron chi connectivity index (χ1n) is 5.94. The zero-order chi connectivity index (χ0) is 12.4. The molecule has 2 aromatic heterocycles. The van der Waals surface area contributed by atoms with E-state index in [1.807, 2.05) is 12.1 Å². The molecule has 90 valence electrons. The fourth-order valence-corrected chi connectivity index (χ4v) is 2.04.